The Balaban J connectivity index is 1.28. The first-order valence-corrected chi connectivity index (χ1v) is 11.0. The molecule has 152 valence electrons. The summed E-state index contributed by atoms with van der Waals surface area (Å²) >= 11 is 0. The van der Waals surface area contributed by atoms with Crippen molar-refractivity contribution in [2.45, 2.75) is 51.0 Å². The number of anilines is 1. The van der Waals surface area contributed by atoms with Gasteiger partial charge in [0.2, 0.25) is 5.91 Å². The van der Waals surface area contributed by atoms with Gasteiger partial charge in [-0.25, -0.2) is 0 Å². The van der Waals surface area contributed by atoms with Crippen molar-refractivity contribution < 1.29 is 14.6 Å². The smallest absolute Gasteiger partial charge is 0.229 e. The van der Waals surface area contributed by atoms with E-state index < -0.39 is 5.60 Å². The molecule has 0 aromatic heterocycles. The van der Waals surface area contributed by atoms with E-state index >= 15 is 0 Å². The normalized spacial score (nSPS) is 36.6. The molecule has 5 nitrogen and oxygen atoms in total. The molecule has 28 heavy (non-hydrogen) atoms. The zero-order chi connectivity index (χ0) is 19.4. The van der Waals surface area contributed by atoms with Crippen molar-refractivity contribution in [1.29, 1.82) is 0 Å². The summed E-state index contributed by atoms with van der Waals surface area (Å²) < 4.78 is 5.79. The van der Waals surface area contributed by atoms with Crippen molar-refractivity contribution in [2.75, 3.05) is 37.7 Å². The minimum Gasteiger partial charge on any atom is -0.492 e. The lowest BCUT2D eigenvalue weighted by Crippen LogP contribution is -2.62. The van der Waals surface area contributed by atoms with E-state index in [2.05, 4.69) is 15.9 Å². The van der Waals surface area contributed by atoms with Gasteiger partial charge in [0, 0.05) is 26.2 Å². The SMILES string of the molecule is CCOc1ccccc1N1CCN(C(=O)C23C[C@H]4C[C@@H](CC(O)(C4)C2)C3)CC1. The molecule has 1 saturated heterocycles. The molecule has 4 aliphatic carbocycles. The maximum atomic E-state index is 13.6. The molecule has 1 aliphatic heterocycles. The Labute approximate surface area is 167 Å². The highest BCUT2D eigenvalue weighted by Crippen LogP contribution is 2.62. The van der Waals surface area contributed by atoms with E-state index in [9.17, 15) is 9.90 Å². The summed E-state index contributed by atoms with van der Waals surface area (Å²) in [6.07, 6.45) is 5.75. The Morgan fingerprint density at radius 3 is 2.43 bits per heavy atom. The quantitative estimate of drug-likeness (QED) is 0.867. The molecular formula is C23H32N2O3. The van der Waals surface area contributed by atoms with E-state index in [0.29, 0.717) is 30.8 Å². The molecule has 4 saturated carbocycles. The van der Waals surface area contributed by atoms with Crippen LogP contribution in [-0.2, 0) is 4.79 Å². The summed E-state index contributed by atoms with van der Waals surface area (Å²) in [5.74, 6) is 2.34. The molecule has 0 radical (unpaired) electrons. The van der Waals surface area contributed by atoms with Crippen LogP contribution in [0.4, 0.5) is 5.69 Å². The topological polar surface area (TPSA) is 53.0 Å². The number of ether oxygens (including phenoxy) is 1. The number of benzene rings is 1. The number of amides is 1. The molecule has 2 atom stereocenters. The number of hydrogen-bond acceptors (Lipinski definition) is 4. The summed E-state index contributed by atoms with van der Waals surface area (Å²) in [4.78, 5) is 18.0. The molecule has 6 rings (SSSR count). The fourth-order valence-electron chi connectivity index (χ4n) is 6.95. The number of para-hydroxylation sites is 2. The highest BCUT2D eigenvalue weighted by atomic mass is 16.5. The minimum atomic E-state index is -0.571. The van der Waals surface area contributed by atoms with Crippen molar-refractivity contribution >= 4 is 11.6 Å². The molecule has 1 amide bonds. The fourth-order valence-corrected chi connectivity index (χ4v) is 6.95. The molecule has 0 unspecified atom stereocenters. The third-order valence-electron chi connectivity index (χ3n) is 7.56. The maximum Gasteiger partial charge on any atom is 0.229 e. The third-order valence-corrected chi connectivity index (χ3v) is 7.56. The van der Waals surface area contributed by atoms with Crippen LogP contribution in [0.15, 0.2) is 24.3 Å². The summed E-state index contributed by atoms with van der Waals surface area (Å²) in [7, 11) is 0. The van der Waals surface area contributed by atoms with Crippen LogP contribution in [0.5, 0.6) is 5.75 Å². The van der Waals surface area contributed by atoms with Gasteiger partial charge in [0.15, 0.2) is 0 Å². The number of hydrogen-bond donors (Lipinski definition) is 1. The van der Waals surface area contributed by atoms with E-state index in [-0.39, 0.29) is 5.41 Å². The second-order valence-corrected chi connectivity index (χ2v) is 9.65. The van der Waals surface area contributed by atoms with Crippen LogP contribution in [0.3, 0.4) is 0 Å². The molecule has 1 aromatic carbocycles. The van der Waals surface area contributed by atoms with Crippen LogP contribution >= 0.6 is 0 Å². The molecule has 4 bridgehead atoms. The minimum absolute atomic E-state index is 0.287. The van der Waals surface area contributed by atoms with Crippen LogP contribution < -0.4 is 9.64 Å². The van der Waals surface area contributed by atoms with E-state index in [0.717, 1.165) is 63.3 Å². The van der Waals surface area contributed by atoms with Crippen molar-refractivity contribution in [3.63, 3.8) is 0 Å². The molecule has 1 heterocycles. The average Bonchev–Trinajstić information content (AvgIpc) is 2.66. The largest absolute Gasteiger partial charge is 0.492 e. The van der Waals surface area contributed by atoms with Crippen LogP contribution in [0.1, 0.15) is 45.4 Å². The van der Waals surface area contributed by atoms with Crippen molar-refractivity contribution in [3.8, 4) is 5.75 Å². The van der Waals surface area contributed by atoms with Gasteiger partial charge in [0.25, 0.3) is 0 Å². The first-order valence-electron chi connectivity index (χ1n) is 11.0. The third kappa shape index (κ3) is 2.99. The van der Waals surface area contributed by atoms with Gasteiger partial charge in [-0.15, -0.1) is 0 Å². The lowest BCUT2D eigenvalue weighted by Gasteiger charge is -2.60. The number of carbonyl (C=O) groups is 1. The average molecular weight is 385 g/mol. The molecule has 0 spiro atoms. The van der Waals surface area contributed by atoms with Gasteiger partial charge in [0.05, 0.1) is 23.3 Å². The lowest BCUT2D eigenvalue weighted by atomic mass is 9.47. The highest BCUT2D eigenvalue weighted by Gasteiger charge is 2.60. The number of piperazine rings is 1. The molecule has 1 aromatic rings. The molecule has 5 aliphatic rings. The number of nitrogens with zero attached hydrogens (tertiary/aromatic N) is 2. The molecular weight excluding hydrogens is 352 g/mol. The van der Waals surface area contributed by atoms with Crippen LogP contribution in [-0.4, -0.2) is 54.3 Å². The van der Waals surface area contributed by atoms with Crippen LogP contribution in [0.2, 0.25) is 0 Å². The van der Waals surface area contributed by atoms with Gasteiger partial charge in [-0.05, 0) is 69.4 Å². The van der Waals surface area contributed by atoms with Gasteiger partial charge in [0.1, 0.15) is 5.75 Å². The summed E-state index contributed by atoms with van der Waals surface area (Å²) in [6.45, 7) is 5.85. The van der Waals surface area contributed by atoms with Crippen molar-refractivity contribution in [2.24, 2.45) is 17.3 Å². The van der Waals surface area contributed by atoms with Gasteiger partial charge in [-0.1, -0.05) is 12.1 Å². The second kappa shape index (κ2) is 6.65. The fraction of sp³-hybridized carbons (Fsp3) is 0.696. The zero-order valence-electron chi connectivity index (χ0n) is 16.9. The van der Waals surface area contributed by atoms with Crippen LogP contribution in [0, 0.1) is 17.3 Å². The van der Waals surface area contributed by atoms with E-state index in [1.165, 1.54) is 6.42 Å². The summed E-state index contributed by atoms with van der Waals surface area (Å²) in [6, 6.07) is 8.18. The van der Waals surface area contributed by atoms with Gasteiger partial charge in [-0.2, -0.15) is 0 Å². The molecule has 5 heteroatoms. The van der Waals surface area contributed by atoms with Crippen LogP contribution in [0.25, 0.3) is 0 Å². The first-order chi connectivity index (χ1) is 13.5. The lowest BCUT2D eigenvalue weighted by molar-refractivity contribution is -0.186. The van der Waals surface area contributed by atoms with Gasteiger partial charge < -0.3 is 19.6 Å². The predicted molar refractivity (Wildman–Crippen MR) is 108 cm³/mol. The molecule has 5 fully saturated rings. The van der Waals surface area contributed by atoms with Crippen molar-refractivity contribution in [3.05, 3.63) is 24.3 Å². The first kappa shape index (κ1) is 18.3. The maximum absolute atomic E-state index is 13.6. The van der Waals surface area contributed by atoms with E-state index in [1.807, 2.05) is 25.1 Å². The Bertz CT molecular complexity index is 742. The Hall–Kier alpha value is -1.75. The van der Waals surface area contributed by atoms with E-state index in [1.54, 1.807) is 0 Å². The molecule has 1 N–H and O–H groups in total. The van der Waals surface area contributed by atoms with Gasteiger partial charge in [-0.3, -0.25) is 4.79 Å². The number of aliphatic hydroxyl groups is 1. The number of carbonyl (C=O) groups excluding carboxylic acids is 1. The highest BCUT2D eigenvalue weighted by molar-refractivity contribution is 5.84. The Kier molecular flexibility index (Phi) is 4.34. The number of rotatable bonds is 4. The van der Waals surface area contributed by atoms with Gasteiger partial charge >= 0.3 is 0 Å². The Morgan fingerprint density at radius 1 is 1.11 bits per heavy atom. The zero-order valence-corrected chi connectivity index (χ0v) is 16.9. The summed E-state index contributed by atoms with van der Waals surface area (Å²) in [5, 5.41) is 11.0. The Morgan fingerprint density at radius 2 is 1.79 bits per heavy atom. The van der Waals surface area contributed by atoms with E-state index in [4.69, 9.17) is 4.74 Å². The monoisotopic (exact) mass is 384 g/mol. The standard InChI is InChI=1S/C23H32N2O3/c1-2-28-20-6-4-3-5-19(20)24-7-9-25(10-8-24)21(26)22-12-17-11-18(13-22)15-23(27,14-17)16-22/h3-6,17-18,27H,2,7-16H2,1H3/t17-,18-,22?,23?/m1/s1. The van der Waals surface area contributed by atoms with Crippen molar-refractivity contribution in [1.82, 2.24) is 4.90 Å². The second-order valence-electron chi connectivity index (χ2n) is 9.65. The predicted octanol–water partition coefficient (Wildman–Crippen LogP) is 3.07. The summed E-state index contributed by atoms with van der Waals surface area (Å²) in [5.41, 5.74) is 0.267.